The lowest BCUT2D eigenvalue weighted by molar-refractivity contribution is 0.146. The van der Waals surface area contributed by atoms with E-state index in [2.05, 4.69) is 38.3 Å². The van der Waals surface area contributed by atoms with Crippen molar-refractivity contribution in [1.82, 2.24) is 5.32 Å². The van der Waals surface area contributed by atoms with Crippen LogP contribution in [0.4, 0.5) is 0 Å². The monoisotopic (exact) mass is 293 g/mol. The molecule has 20 heavy (non-hydrogen) atoms. The van der Waals surface area contributed by atoms with Crippen LogP contribution in [-0.2, 0) is 6.42 Å². The predicted molar refractivity (Wildman–Crippen MR) is 88.2 cm³/mol. The first-order chi connectivity index (χ1) is 9.60. The zero-order valence-electron chi connectivity index (χ0n) is 13.0. The molecule has 2 rings (SSSR count). The summed E-state index contributed by atoms with van der Waals surface area (Å²) < 4.78 is 0. The Morgan fingerprint density at radius 2 is 1.85 bits per heavy atom. The van der Waals surface area contributed by atoms with E-state index in [4.69, 9.17) is 11.6 Å². The molecule has 1 saturated carbocycles. The minimum Gasteiger partial charge on any atom is -0.319 e. The second-order valence-corrected chi connectivity index (χ2v) is 7.16. The predicted octanol–water partition coefficient (Wildman–Crippen LogP) is 4.79. The summed E-state index contributed by atoms with van der Waals surface area (Å²) in [7, 11) is 2.08. The Kier molecular flexibility index (Phi) is 5.92. The van der Waals surface area contributed by atoms with Gasteiger partial charge in [-0.1, -0.05) is 37.6 Å². The number of hydrogen-bond donors (Lipinski definition) is 1. The van der Waals surface area contributed by atoms with Crippen LogP contribution in [0.15, 0.2) is 24.3 Å². The first-order valence-corrected chi connectivity index (χ1v) is 8.37. The zero-order valence-corrected chi connectivity index (χ0v) is 13.8. The van der Waals surface area contributed by atoms with E-state index in [1.807, 2.05) is 12.1 Å². The second kappa shape index (κ2) is 7.47. The van der Waals surface area contributed by atoms with Gasteiger partial charge >= 0.3 is 0 Å². The van der Waals surface area contributed by atoms with Crippen molar-refractivity contribution in [2.24, 2.45) is 23.7 Å². The summed E-state index contributed by atoms with van der Waals surface area (Å²) in [5, 5.41) is 4.22. The molecule has 3 unspecified atom stereocenters. The van der Waals surface area contributed by atoms with Gasteiger partial charge in [-0.15, -0.1) is 0 Å². The summed E-state index contributed by atoms with van der Waals surface area (Å²) in [6.45, 7) is 5.91. The topological polar surface area (TPSA) is 12.0 Å². The van der Waals surface area contributed by atoms with Crippen molar-refractivity contribution < 1.29 is 0 Å². The molecule has 0 saturated heterocycles. The Hall–Kier alpha value is -0.530. The highest BCUT2D eigenvalue weighted by molar-refractivity contribution is 6.30. The lowest BCUT2D eigenvalue weighted by atomic mass is 9.69. The van der Waals surface area contributed by atoms with E-state index in [1.165, 1.54) is 31.2 Å². The molecular weight excluding hydrogens is 266 g/mol. The largest absolute Gasteiger partial charge is 0.319 e. The first-order valence-electron chi connectivity index (χ1n) is 7.99. The first kappa shape index (κ1) is 15.9. The Morgan fingerprint density at radius 1 is 1.15 bits per heavy atom. The van der Waals surface area contributed by atoms with E-state index in [0.717, 1.165) is 35.2 Å². The third-order valence-corrected chi connectivity index (χ3v) is 5.25. The second-order valence-electron chi connectivity index (χ2n) is 6.73. The molecule has 0 spiro atoms. The van der Waals surface area contributed by atoms with Crippen LogP contribution in [0.3, 0.4) is 0 Å². The third kappa shape index (κ3) is 4.23. The molecule has 3 atom stereocenters. The van der Waals surface area contributed by atoms with E-state index in [9.17, 15) is 0 Å². The summed E-state index contributed by atoms with van der Waals surface area (Å²) in [6.07, 6.45) is 5.36. The number of halogens is 1. The van der Waals surface area contributed by atoms with Crippen molar-refractivity contribution in [2.75, 3.05) is 13.6 Å². The van der Waals surface area contributed by atoms with Gasteiger partial charge in [0, 0.05) is 5.02 Å². The molecule has 0 aliphatic heterocycles. The van der Waals surface area contributed by atoms with Crippen molar-refractivity contribution in [3.05, 3.63) is 34.9 Å². The normalized spacial score (nSPS) is 26.9. The van der Waals surface area contributed by atoms with Crippen LogP contribution in [0.25, 0.3) is 0 Å². The van der Waals surface area contributed by atoms with Crippen molar-refractivity contribution in [1.29, 1.82) is 0 Å². The summed E-state index contributed by atoms with van der Waals surface area (Å²) in [6, 6.07) is 8.43. The molecule has 1 N–H and O–H groups in total. The van der Waals surface area contributed by atoms with Crippen molar-refractivity contribution in [3.63, 3.8) is 0 Å². The van der Waals surface area contributed by atoms with Crippen LogP contribution in [-0.4, -0.2) is 13.6 Å². The van der Waals surface area contributed by atoms with Crippen LogP contribution >= 0.6 is 11.6 Å². The number of nitrogens with one attached hydrogen (secondary N) is 1. The van der Waals surface area contributed by atoms with Crippen LogP contribution in [0, 0.1) is 23.7 Å². The van der Waals surface area contributed by atoms with Gasteiger partial charge < -0.3 is 5.32 Å². The van der Waals surface area contributed by atoms with Crippen LogP contribution < -0.4 is 5.32 Å². The van der Waals surface area contributed by atoms with Gasteiger partial charge in [0.05, 0.1) is 0 Å². The van der Waals surface area contributed by atoms with E-state index >= 15 is 0 Å². The van der Waals surface area contributed by atoms with Gasteiger partial charge in [-0.05, 0) is 80.6 Å². The summed E-state index contributed by atoms with van der Waals surface area (Å²) in [5.41, 5.74) is 1.44. The van der Waals surface area contributed by atoms with Crippen molar-refractivity contribution in [2.45, 2.75) is 39.5 Å². The molecule has 0 amide bonds. The molecule has 0 heterocycles. The molecule has 1 fully saturated rings. The zero-order chi connectivity index (χ0) is 14.5. The average Bonchev–Trinajstić information content (AvgIpc) is 2.43. The highest BCUT2D eigenvalue weighted by Gasteiger charge is 2.31. The van der Waals surface area contributed by atoms with Gasteiger partial charge in [0.15, 0.2) is 0 Å². The fourth-order valence-corrected chi connectivity index (χ4v) is 3.80. The molecule has 1 aromatic rings. The molecule has 1 aromatic carbocycles. The minimum absolute atomic E-state index is 0.810. The van der Waals surface area contributed by atoms with E-state index in [-0.39, 0.29) is 0 Å². The summed E-state index contributed by atoms with van der Waals surface area (Å²) in [4.78, 5) is 0. The highest BCUT2D eigenvalue weighted by atomic mass is 35.5. The van der Waals surface area contributed by atoms with E-state index < -0.39 is 0 Å². The van der Waals surface area contributed by atoms with Gasteiger partial charge in [0.2, 0.25) is 0 Å². The number of benzene rings is 1. The van der Waals surface area contributed by atoms with Gasteiger partial charge in [-0.25, -0.2) is 0 Å². The maximum absolute atomic E-state index is 5.99. The van der Waals surface area contributed by atoms with Gasteiger partial charge in [-0.2, -0.15) is 0 Å². The molecule has 0 radical (unpaired) electrons. The highest BCUT2D eigenvalue weighted by Crippen LogP contribution is 2.39. The third-order valence-electron chi connectivity index (χ3n) is 5.00. The minimum atomic E-state index is 0.810. The molecule has 1 aliphatic carbocycles. The van der Waals surface area contributed by atoms with Gasteiger partial charge in [0.25, 0.3) is 0 Å². The standard InChI is InChI=1S/C18H28ClN/c1-13(2)15-6-7-16(12-20-3)17(11-15)10-14-4-8-18(19)9-5-14/h4-5,8-9,13,15-17,20H,6-7,10-12H2,1-3H3. The number of rotatable bonds is 5. The molecule has 1 aliphatic rings. The van der Waals surface area contributed by atoms with E-state index in [1.54, 1.807) is 0 Å². The molecule has 0 bridgehead atoms. The smallest absolute Gasteiger partial charge is 0.0406 e. The SMILES string of the molecule is CNCC1CCC(C(C)C)CC1Cc1ccc(Cl)cc1. The molecule has 112 valence electrons. The molecule has 0 aromatic heterocycles. The lowest BCUT2D eigenvalue weighted by Crippen LogP contribution is -2.34. The Balaban J connectivity index is 2.04. The van der Waals surface area contributed by atoms with Crippen molar-refractivity contribution >= 4 is 11.6 Å². The molecule has 1 nitrogen and oxygen atoms in total. The van der Waals surface area contributed by atoms with Gasteiger partial charge in [-0.3, -0.25) is 0 Å². The Bertz CT molecular complexity index is 398. The Labute approximate surface area is 129 Å². The number of hydrogen-bond acceptors (Lipinski definition) is 1. The van der Waals surface area contributed by atoms with Crippen molar-refractivity contribution in [3.8, 4) is 0 Å². The fourth-order valence-electron chi connectivity index (χ4n) is 3.67. The summed E-state index contributed by atoms with van der Waals surface area (Å²) in [5.74, 6) is 3.36. The molecule has 2 heteroatoms. The summed E-state index contributed by atoms with van der Waals surface area (Å²) >= 11 is 5.99. The van der Waals surface area contributed by atoms with Crippen LogP contribution in [0.5, 0.6) is 0 Å². The molecular formula is C18H28ClN. The van der Waals surface area contributed by atoms with Gasteiger partial charge in [0.1, 0.15) is 0 Å². The maximum atomic E-state index is 5.99. The lowest BCUT2D eigenvalue weighted by Gasteiger charge is -2.38. The van der Waals surface area contributed by atoms with Crippen LogP contribution in [0.1, 0.15) is 38.7 Å². The Morgan fingerprint density at radius 3 is 2.45 bits per heavy atom. The fraction of sp³-hybridized carbons (Fsp3) is 0.667. The van der Waals surface area contributed by atoms with E-state index in [0.29, 0.717) is 0 Å². The average molecular weight is 294 g/mol. The van der Waals surface area contributed by atoms with Crippen LogP contribution in [0.2, 0.25) is 5.02 Å². The quantitative estimate of drug-likeness (QED) is 0.823. The maximum Gasteiger partial charge on any atom is 0.0406 e.